The Kier molecular flexibility index (Phi) is 15.0. The molecule has 0 aromatic heterocycles. The third-order valence-electron chi connectivity index (χ3n) is 8.40. The maximum atomic E-state index is 12.0. The molecule has 0 aliphatic carbocycles. The molecule has 0 spiro atoms. The Labute approximate surface area is 283 Å². The largest absolute Gasteiger partial charge is 0.493 e. The molecule has 11 nitrogen and oxygen atoms in total. The zero-order valence-electron chi connectivity index (χ0n) is 28.3. The number of carbonyl (C=O) groups excluding carboxylic acids is 2. The number of hydrogen-bond donors (Lipinski definition) is 2. The van der Waals surface area contributed by atoms with E-state index in [1.54, 1.807) is 20.3 Å². The van der Waals surface area contributed by atoms with Crippen molar-refractivity contribution in [2.75, 3.05) is 89.1 Å². The second-order valence-corrected chi connectivity index (χ2v) is 11.7. The van der Waals surface area contributed by atoms with Crippen LogP contribution in [-0.4, -0.2) is 97.7 Å². The lowest BCUT2D eigenvalue weighted by Gasteiger charge is -2.26. The molecule has 0 fully saturated rings. The van der Waals surface area contributed by atoms with Gasteiger partial charge in [-0.1, -0.05) is 18.2 Å². The zero-order valence-corrected chi connectivity index (χ0v) is 28.3. The lowest BCUT2D eigenvalue weighted by Crippen LogP contribution is -2.34. The molecule has 1 aliphatic rings. The molecule has 260 valence electrons. The molecule has 4 rings (SSSR count). The Balaban J connectivity index is 1.44. The van der Waals surface area contributed by atoms with Gasteiger partial charge >= 0.3 is 0 Å². The highest BCUT2D eigenvalue weighted by Crippen LogP contribution is 2.35. The Bertz CT molecular complexity index is 1450. The number of anilines is 3. The first-order valence-electron chi connectivity index (χ1n) is 16.4. The van der Waals surface area contributed by atoms with E-state index >= 15 is 0 Å². The molecule has 0 bridgehead atoms. The molecule has 0 radical (unpaired) electrons. The van der Waals surface area contributed by atoms with Gasteiger partial charge in [-0.3, -0.25) is 4.79 Å². The van der Waals surface area contributed by atoms with E-state index in [9.17, 15) is 14.7 Å². The van der Waals surface area contributed by atoms with Crippen LogP contribution >= 0.6 is 0 Å². The predicted octanol–water partition coefficient (Wildman–Crippen LogP) is 4.52. The number of aldehydes is 2. The number of ether oxygens (including phenoxy) is 5. The number of carbonyl (C=O) groups is 2. The molecule has 0 saturated heterocycles. The van der Waals surface area contributed by atoms with Gasteiger partial charge in [0.15, 0.2) is 17.8 Å². The predicted molar refractivity (Wildman–Crippen MR) is 187 cm³/mol. The molecule has 3 aromatic carbocycles. The number of para-hydroxylation sites is 1. The van der Waals surface area contributed by atoms with E-state index in [2.05, 4.69) is 40.4 Å². The average molecular weight is 664 g/mol. The first-order chi connectivity index (χ1) is 23.5. The van der Waals surface area contributed by atoms with Gasteiger partial charge in [0.25, 0.3) is 0 Å². The fraction of sp³-hybridized carbons (Fsp3) is 0.459. The number of likely N-dealkylation sites (N-methyl/N-ethyl adjacent to an activating group) is 1. The van der Waals surface area contributed by atoms with E-state index in [-0.39, 0.29) is 19.3 Å². The molecule has 0 amide bonds. The van der Waals surface area contributed by atoms with Crippen LogP contribution in [0.2, 0.25) is 0 Å². The summed E-state index contributed by atoms with van der Waals surface area (Å²) in [5.74, 6) is 0.944. The molecule has 48 heavy (non-hydrogen) atoms. The van der Waals surface area contributed by atoms with Crippen LogP contribution < -0.4 is 24.6 Å². The molecular weight excluding hydrogens is 614 g/mol. The molecule has 1 atom stereocenters. The van der Waals surface area contributed by atoms with Crippen molar-refractivity contribution in [3.05, 3.63) is 76.9 Å². The third kappa shape index (κ3) is 10.4. The first-order valence-corrected chi connectivity index (χ1v) is 16.4. The summed E-state index contributed by atoms with van der Waals surface area (Å²) in [5.41, 5.74) is 6.18. The third-order valence-corrected chi connectivity index (χ3v) is 8.40. The van der Waals surface area contributed by atoms with Gasteiger partial charge in [-0.15, -0.1) is 0 Å². The first kappa shape index (κ1) is 36.7. The zero-order chi connectivity index (χ0) is 34.1. The van der Waals surface area contributed by atoms with Crippen LogP contribution in [0.3, 0.4) is 0 Å². The maximum absolute atomic E-state index is 12.0. The maximum Gasteiger partial charge on any atom is 0.163 e. The van der Waals surface area contributed by atoms with Crippen LogP contribution in [0.4, 0.5) is 17.1 Å². The van der Waals surface area contributed by atoms with Crippen molar-refractivity contribution in [1.29, 1.82) is 0 Å². The summed E-state index contributed by atoms with van der Waals surface area (Å²) in [6.07, 6.45) is 3.80. The molecule has 0 saturated carbocycles. The quantitative estimate of drug-likeness (QED) is 0.110. The Morgan fingerprint density at radius 2 is 1.71 bits per heavy atom. The van der Waals surface area contributed by atoms with Gasteiger partial charge in [0, 0.05) is 68.9 Å². The molecule has 1 heterocycles. The number of benzene rings is 3. The van der Waals surface area contributed by atoms with Crippen LogP contribution in [0, 0.1) is 0 Å². The van der Waals surface area contributed by atoms with Crippen molar-refractivity contribution >= 4 is 29.6 Å². The number of methoxy groups -OCH3 is 2. The van der Waals surface area contributed by atoms with Crippen molar-refractivity contribution < 1.29 is 38.4 Å². The lowest BCUT2D eigenvalue weighted by atomic mass is 10.1. The van der Waals surface area contributed by atoms with E-state index in [0.29, 0.717) is 88.3 Å². The lowest BCUT2D eigenvalue weighted by molar-refractivity contribution is -0.107. The summed E-state index contributed by atoms with van der Waals surface area (Å²) >= 11 is 0. The topological polar surface area (TPSA) is 119 Å². The van der Waals surface area contributed by atoms with E-state index in [1.165, 1.54) is 11.3 Å². The minimum absolute atomic E-state index is 0.136. The summed E-state index contributed by atoms with van der Waals surface area (Å²) < 4.78 is 28.1. The van der Waals surface area contributed by atoms with Crippen LogP contribution in [0.25, 0.3) is 0 Å². The van der Waals surface area contributed by atoms with Gasteiger partial charge in [0.1, 0.15) is 12.9 Å². The number of aliphatic hydroxyl groups is 1. The van der Waals surface area contributed by atoms with Crippen molar-refractivity contribution in [3.63, 3.8) is 0 Å². The van der Waals surface area contributed by atoms with Gasteiger partial charge in [0.05, 0.1) is 52.8 Å². The molecule has 1 aliphatic heterocycles. The molecule has 1 unspecified atom stereocenters. The number of nitrogens with zero attached hydrogens (tertiary/aromatic N) is 2. The second-order valence-electron chi connectivity index (χ2n) is 11.7. The number of aliphatic hydroxyl groups excluding tert-OH is 1. The van der Waals surface area contributed by atoms with Crippen LogP contribution in [-0.2, 0) is 38.6 Å². The fourth-order valence-corrected chi connectivity index (χ4v) is 5.79. The highest BCUT2D eigenvalue weighted by atomic mass is 16.5. The van der Waals surface area contributed by atoms with Crippen LogP contribution in [0.1, 0.15) is 39.9 Å². The van der Waals surface area contributed by atoms with Crippen molar-refractivity contribution in [2.24, 2.45) is 0 Å². The molecule has 3 aromatic rings. The van der Waals surface area contributed by atoms with Crippen LogP contribution in [0.5, 0.6) is 11.5 Å². The van der Waals surface area contributed by atoms with Gasteiger partial charge in [0.2, 0.25) is 0 Å². The Hall–Kier alpha value is -4.16. The number of fused-ring (bicyclic) bond motifs is 1. The van der Waals surface area contributed by atoms with E-state index in [4.69, 9.17) is 23.7 Å². The minimum atomic E-state index is -0.136. The Morgan fingerprint density at radius 1 is 0.938 bits per heavy atom. The highest BCUT2D eigenvalue weighted by Gasteiger charge is 2.26. The van der Waals surface area contributed by atoms with Gasteiger partial charge in [-0.05, 0) is 59.9 Å². The minimum Gasteiger partial charge on any atom is -0.493 e. The Morgan fingerprint density at radius 3 is 2.44 bits per heavy atom. The molecule has 11 heteroatoms. The second kappa shape index (κ2) is 19.6. The number of hydrogen-bond acceptors (Lipinski definition) is 11. The van der Waals surface area contributed by atoms with Crippen LogP contribution in [0.15, 0.2) is 54.6 Å². The van der Waals surface area contributed by atoms with Crippen molar-refractivity contribution in [1.82, 2.24) is 0 Å². The number of unbranched alkanes of at least 4 members (excludes halogenated alkanes) is 1. The van der Waals surface area contributed by atoms with Gasteiger partial charge in [-0.2, -0.15) is 0 Å². The summed E-state index contributed by atoms with van der Waals surface area (Å²) in [4.78, 5) is 27.5. The van der Waals surface area contributed by atoms with Crippen molar-refractivity contribution in [3.8, 4) is 11.5 Å². The summed E-state index contributed by atoms with van der Waals surface area (Å²) in [5, 5.41) is 13.6. The number of rotatable bonds is 23. The smallest absolute Gasteiger partial charge is 0.163 e. The monoisotopic (exact) mass is 663 g/mol. The normalized spacial score (nSPS) is 13.7. The van der Waals surface area contributed by atoms with E-state index < -0.39 is 0 Å². The molecule has 2 N–H and O–H groups in total. The fourth-order valence-electron chi connectivity index (χ4n) is 5.79. The summed E-state index contributed by atoms with van der Waals surface area (Å²) in [7, 11) is 5.27. The summed E-state index contributed by atoms with van der Waals surface area (Å²) in [6, 6.07) is 18.0. The SMILES string of the molecule is COCCOCCOCCN(CCCC=O)c1cc(CO)cc(COc2cc(NCC3Cc4ccccc4N3C)c(C=O)cc2OC)c1. The average Bonchev–Trinajstić information content (AvgIpc) is 3.44. The van der Waals surface area contributed by atoms with E-state index in [1.807, 2.05) is 30.3 Å². The summed E-state index contributed by atoms with van der Waals surface area (Å²) in [6.45, 7) is 4.45. The highest BCUT2D eigenvalue weighted by molar-refractivity contribution is 5.86. The standard InChI is InChI=1S/C37H49N3O8/c1-39-33(21-30-8-4-5-9-35(30)39)24-38-34-23-37(36(45-3)22-31(34)26-43)48-27-29-18-28(25-42)19-32(20-29)40(10-6-7-12-41)11-13-46-16-17-47-15-14-44-2/h4-5,8-9,12,18-20,22-23,26,33,38,42H,6-7,10-11,13-17,21,24-25,27H2,1-3H3. The van der Waals surface area contributed by atoms with E-state index in [0.717, 1.165) is 35.8 Å². The van der Waals surface area contributed by atoms with Crippen molar-refractivity contribution in [2.45, 2.75) is 38.5 Å². The number of nitrogens with one attached hydrogen (secondary N) is 1. The van der Waals surface area contributed by atoms with Gasteiger partial charge < -0.3 is 48.7 Å². The molecular formula is C37H49N3O8. The van der Waals surface area contributed by atoms with Gasteiger partial charge in [-0.25, -0.2) is 0 Å².